The number of aromatic nitrogens is 1. The molecule has 0 saturated carbocycles. The van der Waals surface area contributed by atoms with Crippen molar-refractivity contribution >= 4 is 10.8 Å². The number of hydrogen-bond donors (Lipinski definition) is 1. The first kappa shape index (κ1) is 12.0. The number of rotatable bonds is 4. The van der Waals surface area contributed by atoms with Crippen LogP contribution in [0.1, 0.15) is 25.0 Å². The maximum atomic E-state index is 10.2. The zero-order valence-electron chi connectivity index (χ0n) is 10.1. The van der Waals surface area contributed by atoms with E-state index >= 15 is 0 Å². The first-order valence-electron chi connectivity index (χ1n) is 5.76. The highest BCUT2D eigenvalue weighted by Gasteiger charge is 2.14. The summed E-state index contributed by atoms with van der Waals surface area (Å²) >= 11 is 0. The average molecular weight is 231 g/mol. The number of fused-ring (bicyclic) bond motifs is 1. The van der Waals surface area contributed by atoms with E-state index in [0.29, 0.717) is 6.42 Å². The molecule has 1 N–H and O–H groups in total. The van der Waals surface area contributed by atoms with Crippen molar-refractivity contribution < 1.29 is 9.84 Å². The fourth-order valence-corrected chi connectivity index (χ4v) is 1.94. The number of ether oxygens (including phenoxy) is 1. The number of pyridine rings is 1. The van der Waals surface area contributed by atoms with Crippen LogP contribution < -0.4 is 0 Å². The summed E-state index contributed by atoms with van der Waals surface area (Å²) in [4.78, 5) is 4.17. The van der Waals surface area contributed by atoms with Crippen molar-refractivity contribution in [1.82, 2.24) is 4.98 Å². The zero-order valence-corrected chi connectivity index (χ0v) is 10.1. The van der Waals surface area contributed by atoms with E-state index < -0.39 is 6.10 Å². The van der Waals surface area contributed by atoms with Crippen LogP contribution in [0.5, 0.6) is 0 Å². The highest BCUT2D eigenvalue weighted by atomic mass is 16.5. The molecule has 0 aliphatic rings. The zero-order chi connectivity index (χ0) is 12.3. The molecule has 1 heterocycles. The second kappa shape index (κ2) is 5.25. The normalized spacial score (nSPS) is 14.8. The van der Waals surface area contributed by atoms with E-state index in [0.717, 1.165) is 16.3 Å². The topological polar surface area (TPSA) is 42.4 Å². The maximum absolute atomic E-state index is 10.2. The third kappa shape index (κ3) is 2.62. The Kier molecular flexibility index (Phi) is 3.71. The van der Waals surface area contributed by atoms with Crippen molar-refractivity contribution in [3.05, 3.63) is 42.2 Å². The molecular weight excluding hydrogens is 214 g/mol. The summed E-state index contributed by atoms with van der Waals surface area (Å²) in [5, 5.41) is 12.3. The van der Waals surface area contributed by atoms with E-state index in [4.69, 9.17) is 4.74 Å². The first-order valence-corrected chi connectivity index (χ1v) is 5.76. The Morgan fingerprint density at radius 3 is 2.82 bits per heavy atom. The fraction of sp³-hybridized carbons (Fsp3) is 0.357. The van der Waals surface area contributed by atoms with Gasteiger partial charge in [0.2, 0.25) is 0 Å². The molecule has 0 radical (unpaired) electrons. The molecule has 0 bridgehead atoms. The standard InChI is InChI=1S/C14H17NO2/c1-10(17-2)7-14(16)13-9-15-8-11-5-3-4-6-12(11)13/h3-6,8-10,14,16H,7H2,1-2H3. The van der Waals surface area contributed by atoms with Gasteiger partial charge in [-0.2, -0.15) is 0 Å². The van der Waals surface area contributed by atoms with Gasteiger partial charge in [0.05, 0.1) is 12.2 Å². The summed E-state index contributed by atoms with van der Waals surface area (Å²) in [5.41, 5.74) is 0.868. The van der Waals surface area contributed by atoms with Gasteiger partial charge in [-0.15, -0.1) is 0 Å². The Labute approximate surface area is 101 Å². The largest absolute Gasteiger partial charge is 0.388 e. The summed E-state index contributed by atoms with van der Waals surface area (Å²) in [7, 11) is 1.65. The lowest BCUT2D eigenvalue weighted by molar-refractivity contribution is 0.0564. The van der Waals surface area contributed by atoms with Crippen molar-refractivity contribution in [3.63, 3.8) is 0 Å². The van der Waals surface area contributed by atoms with Crippen LogP contribution in [-0.2, 0) is 4.74 Å². The van der Waals surface area contributed by atoms with Gasteiger partial charge >= 0.3 is 0 Å². The van der Waals surface area contributed by atoms with Crippen LogP contribution in [0, 0.1) is 0 Å². The van der Waals surface area contributed by atoms with E-state index in [1.165, 1.54) is 0 Å². The van der Waals surface area contributed by atoms with Crippen molar-refractivity contribution in [2.45, 2.75) is 25.6 Å². The predicted octanol–water partition coefficient (Wildman–Crippen LogP) is 2.69. The van der Waals surface area contributed by atoms with Gasteiger partial charge in [-0.25, -0.2) is 0 Å². The van der Waals surface area contributed by atoms with E-state index in [1.807, 2.05) is 37.4 Å². The summed E-state index contributed by atoms with van der Waals surface area (Å²) < 4.78 is 5.17. The molecule has 2 rings (SSSR count). The maximum Gasteiger partial charge on any atom is 0.0835 e. The van der Waals surface area contributed by atoms with Gasteiger partial charge in [0.1, 0.15) is 0 Å². The van der Waals surface area contributed by atoms with Crippen LogP contribution in [0.4, 0.5) is 0 Å². The lowest BCUT2D eigenvalue weighted by Gasteiger charge is -2.16. The highest BCUT2D eigenvalue weighted by Crippen LogP contribution is 2.26. The molecule has 3 nitrogen and oxygen atoms in total. The van der Waals surface area contributed by atoms with E-state index in [2.05, 4.69) is 4.98 Å². The minimum absolute atomic E-state index is 0.0315. The van der Waals surface area contributed by atoms with Crippen LogP contribution in [0.2, 0.25) is 0 Å². The summed E-state index contributed by atoms with van der Waals surface area (Å²) in [6.45, 7) is 1.95. The molecule has 2 atom stereocenters. The lowest BCUT2D eigenvalue weighted by atomic mass is 10.00. The van der Waals surface area contributed by atoms with Crippen molar-refractivity contribution in [2.75, 3.05) is 7.11 Å². The van der Waals surface area contributed by atoms with Gasteiger partial charge in [0, 0.05) is 36.9 Å². The number of benzene rings is 1. The van der Waals surface area contributed by atoms with Gasteiger partial charge in [-0.1, -0.05) is 24.3 Å². The smallest absolute Gasteiger partial charge is 0.0835 e. The minimum atomic E-state index is -0.538. The lowest BCUT2D eigenvalue weighted by Crippen LogP contribution is -2.11. The van der Waals surface area contributed by atoms with Crippen molar-refractivity contribution in [2.24, 2.45) is 0 Å². The van der Waals surface area contributed by atoms with Gasteiger partial charge in [-0.05, 0) is 12.3 Å². The summed E-state index contributed by atoms with van der Waals surface area (Å²) in [6.07, 6.45) is 3.61. The highest BCUT2D eigenvalue weighted by molar-refractivity contribution is 5.84. The van der Waals surface area contributed by atoms with Crippen molar-refractivity contribution in [3.8, 4) is 0 Å². The molecule has 0 fully saturated rings. The van der Waals surface area contributed by atoms with Crippen LogP contribution in [-0.4, -0.2) is 23.3 Å². The number of nitrogens with zero attached hydrogens (tertiary/aromatic N) is 1. The molecule has 1 aromatic heterocycles. The first-order chi connectivity index (χ1) is 8.22. The Bertz CT molecular complexity index is 493. The molecule has 0 spiro atoms. The molecule has 2 aromatic rings. The summed E-state index contributed by atoms with van der Waals surface area (Å²) in [6, 6.07) is 7.95. The molecular formula is C14H17NO2. The third-order valence-corrected chi connectivity index (χ3v) is 3.02. The molecule has 0 saturated heterocycles. The Balaban J connectivity index is 2.34. The minimum Gasteiger partial charge on any atom is -0.388 e. The fourth-order valence-electron chi connectivity index (χ4n) is 1.94. The van der Waals surface area contributed by atoms with Gasteiger partial charge in [0.25, 0.3) is 0 Å². The second-order valence-electron chi connectivity index (χ2n) is 4.25. The number of aliphatic hydroxyl groups excluding tert-OH is 1. The molecule has 90 valence electrons. The Hall–Kier alpha value is -1.45. The van der Waals surface area contributed by atoms with Crippen molar-refractivity contribution in [1.29, 1.82) is 0 Å². The molecule has 0 amide bonds. The monoisotopic (exact) mass is 231 g/mol. The average Bonchev–Trinajstić information content (AvgIpc) is 2.37. The SMILES string of the molecule is COC(C)CC(O)c1cncc2ccccc12. The summed E-state index contributed by atoms with van der Waals surface area (Å²) in [5.74, 6) is 0. The molecule has 0 aliphatic carbocycles. The van der Waals surface area contributed by atoms with Crippen LogP contribution >= 0.6 is 0 Å². The molecule has 17 heavy (non-hydrogen) atoms. The van der Waals surface area contributed by atoms with Crippen LogP contribution in [0.3, 0.4) is 0 Å². The number of methoxy groups -OCH3 is 1. The van der Waals surface area contributed by atoms with E-state index in [1.54, 1.807) is 13.3 Å². The van der Waals surface area contributed by atoms with Gasteiger partial charge in [0.15, 0.2) is 0 Å². The molecule has 1 aromatic carbocycles. The molecule has 3 heteroatoms. The van der Waals surface area contributed by atoms with Crippen LogP contribution in [0.25, 0.3) is 10.8 Å². The quantitative estimate of drug-likeness (QED) is 0.879. The second-order valence-corrected chi connectivity index (χ2v) is 4.25. The number of aliphatic hydroxyl groups is 1. The number of hydrogen-bond acceptors (Lipinski definition) is 3. The third-order valence-electron chi connectivity index (χ3n) is 3.02. The van der Waals surface area contributed by atoms with E-state index in [-0.39, 0.29) is 6.10 Å². The van der Waals surface area contributed by atoms with Crippen LogP contribution in [0.15, 0.2) is 36.7 Å². The van der Waals surface area contributed by atoms with E-state index in [9.17, 15) is 5.11 Å². The predicted molar refractivity (Wildman–Crippen MR) is 67.8 cm³/mol. The van der Waals surface area contributed by atoms with Gasteiger partial charge in [-0.3, -0.25) is 4.98 Å². The van der Waals surface area contributed by atoms with Gasteiger partial charge < -0.3 is 9.84 Å². The molecule has 2 unspecified atom stereocenters. The Morgan fingerprint density at radius 2 is 2.06 bits per heavy atom. The molecule has 0 aliphatic heterocycles. The Morgan fingerprint density at radius 1 is 1.29 bits per heavy atom.